The predicted molar refractivity (Wildman–Crippen MR) is 51.0 cm³/mol. The van der Waals surface area contributed by atoms with Crippen molar-refractivity contribution >= 4 is 5.97 Å². The van der Waals surface area contributed by atoms with Gasteiger partial charge in [0.1, 0.15) is 0 Å². The van der Waals surface area contributed by atoms with Gasteiger partial charge in [0.2, 0.25) is 0 Å². The standard InChI is InChI=1S/C10H17NO3/c12-9(13)7-2-3-8(7)11-6-10(14)4-1-5-10/h7-8,11,14H,1-6H2,(H,12,13). The summed E-state index contributed by atoms with van der Waals surface area (Å²) in [6.45, 7) is 0.557. The highest BCUT2D eigenvalue weighted by Gasteiger charge is 2.40. The van der Waals surface area contributed by atoms with Crippen LogP contribution in [0.3, 0.4) is 0 Å². The third-order valence-electron chi connectivity index (χ3n) is 3.57. The van der Waals surface area contributed by atoms with Gasteiger partial charge in [-0.15, -0.1) is 0 Å². The molecule has 0 amide bonds. The van der Waals surface area contributed by atoms with Crippen LogP contribution in [0.2, 0.25) is 0 Å². The fourth-order valence-electron chi connectivity index (χ4n) is 2.12. The number of carbonyl (C=O) groups is 1. The molecule has 80 valence electrons. The first-order valence-electron chi connectivity index (χ1n) is 5.29. The zero-order chi connectivity index (χ0) is 10.2. The van der Waals surface area contributed by atoms with E-state index in [1.807, 2.05) is 0 Å². The van der Waals surface area contributed by atoms with Crippen LogP contribution in [0.25, 0.3) is 0 Å². The smallest absolute Gasteiger partial charge is 0.308 e. The second-order valence-corrected chi connectivity index (χ2v) is 4.59. The maximum Gasteiger partial charge on any atom is 0.308 e. The van der Waals surface area contributed by atoms with E-state index in [9.17, 15) is 9.90 Å². The molecule has 2 rings (SSSR count). The number of hydrogen-bond donors (Lipinski definition) is 3. The van der Waals surface area contributed by atoms with Gasteiger partial charge in [0.15, 0.2) is 0 Å². The number of hydrogen-bond acceptors (Lipinski definition) is 3. The minimum atomic E-state index is -0.714. The van der Waals surface area contributed by atoms with Gasteiger partial charge in [0.05, 0.1) is 11.5 Å². The van der Waals surface area contributed by atoms with E-state index in [-0.39, 0.29) is 12.0 Å². The Morgan fingerprint density at radius 1 is 1.43 bits per heavy atom. The van der Waals surface area contributed by atoms with E-state index in [0.717, 1.165) is 32.1 Å². The molecule has 4 heteroatoms. The first-order valence-corrected chi connectivity index (χ1v) is 5.29. The molecule has 2 atom stereocenters. The Morgan fingerprint density at radius 3 is 2.50 bits per heavy atom. The first-order chi connectivity index (χ1) is 6.61. The van der Waals surface area contributed by atoms with Gasteiger partial charge in [0, 0.05) is 12.6 Å². The Bertz CT molecular complexity index is 238. The van der Waals surface area contributed by atoms with Crippen LogP contribution in [0.5, 0.6) is 0 Å². The average molecular weight is 199 g/mol. The van der Waals surface area contributed by atoms with E-state index < -0.39 is 11.6 Å². The maximum atomic E-state index is 10.7. The van der Waals surface area contributed by atoms with Crippen LogP contribution in [0.4, 0.5) is 0 Å². The summed E-state index contributed by atoms with van der Waals surface area (Å²) in [6.07, 6.45) is 4.48. The number of carboxylic acids is 1. The lowest BCUT2D eigenvalue weighted by atomic mass is 9.77. The van der Waals surface area contributed by atoms with Crippen molar-refractivity contribution < 1.29 is 15.0 Å². The molecule has 2 aliphatic carbocycles. The summed E-state index contributed by atoms with van der Waals surface area (Å²) in [4.78, 5) is 10.7. The Morgan fingerprint density at radius 2 is 2.14 bits per heavy atom. The van der Waals surface area contributed by atoms with Crippen molar-refractivity contribution in [2.75, 3.05) is 6.54 Å². The molecule has 0 radical (unpaired) electrons. The van der Waals surface area contributed by atoms with Crippen molar-refractivity contribution in [2.45, 2.75) is 43.7 Å². The second kappa shape index (κ2) is 3.51. The number of aliphatic hydroxyl groups is 1. The van der Waals surface area contributed by atoms with Crippen LogP contribution in [-0.4, -0.2) is 34.4 Å². The quantitative estimate of drug-likeness (QED) is 0.611. The van der Waals surface area contributed by atoms with Crippen LogP contribution in [-0.2, 0) is 4.79 Å². The zero-order valence-corrected chi connectivity index (χ0v) is 8.20. The zero-order valence-electron chi connectivity index (χ0n) is 8.20. The molecule has 2 unspecified atom stereocenters. The average Bonchev–Trinajstić information content (AvgIpc) is 1.98. The lowest BCUT2D eigenvalue weighted by molar-refractivity contribution is -0.146. The molecule has 0 aromatic carbocycles. The van der Waals surface area contributed by atoms with Crippen molar-refractivity contribution in [3.8, 4) is 0 Å². The molecular formula is C10H17NO3. The third kappa shape index (κ3) is 1.77. The van der Waals surface area contributed by atoms with Crippen molar-refractivity contribution in [3.63, 3.8) is 0 Å². The molecule has 0 heterocycles. The number of aliphatic carboxylic acids is 1. The second-order valence-electron chi connectivity index (χ2n) is 4.59. The van der Waals surface area contributed by atoms with Gasteiger partial charge in [0.25, 0.3) is 0 Å². The molecule has 0 aromatic rings. The highest BCUT2D eigenvalue weighted by Crippen LogP contribution is 2.33. The van der Waals surface area contributed by atoms with Crippen LogP contribution < -0.4 is 5.32 Å². The molecule has 0 spiro atoms. The van der Waals surface area contributed by atoms with E-state index in [4.69, 9.17) is 5.11 Å². The van der Waals surface area contributed by atoms with Crippen molar-refractivity contribution in [1.29, 1.82) is 0 Å². The number of nitrogens with one attached hydrogen (secondary N) is 1. The van der Waals surface area contributed by atoms with Crippen LogP contribution in [0.1, 0.15) is 32.1 Å². The minimum absolute atomic E-state index is 0.0807. The molecule has 4 nitrogen and oxygen atoms in total. The minimum Gasteiger partial charge on any atom is -0.481 e. The fraction of sp³-hybridized carbons (Fsp3) is 0.900. The van der Waals surface area contributed by atoms with Crippen molar-refractivity contribution in [3.05, 3.63) is 0 Å². The molecule has 2 fully saturated rings. The van der Waals surface area contributed by atoms with Gasteiger partial charge < -0.3 is 15.5 Å². The van der Waals surface area contributed by atoms with E-state index >= 15 is 0 Å². The topological polar surface area (TPSA) is 69.6 Å². The lowest BCUT2D eigenvalue weighted by Crippen LogP contribution is -2.54. The molecule has 0 bridgehead atoms. The molecule has 3 N–H and O–H groups in total. The SMILES string of the molecule is O=C(O)C1CCC1NCC1(O)CCC1. The van der Waals surface area contributed by atoms with Crippen LogP contribution in [0, 0.1) is 5.92 Å². The van der Waals surface area contributed by atoms with Gasteiger partial charge in [-0.25, -0.2) is 0 Å². The fourth-order valence-corrected chi connectivity index (χ4v) is 2.12. The molecule has 0 aliphatic heterocycles. The summed E-state index contributed by atoms with van der Waals surface area (Å²) in [5.41, 5.74) is -0.543. The van der Waals surface area contributed by atoms with Crippen LogP contribution >= 0.6 is 0 Å². The highest BCUT2D eigenvalue weighted by molar-refractivity contribution is 5.72. The van der Waals surface area contributed by atoms with Gasteiger partial charge in [-0.2, -0.15) is 0 Å². The maximum absolute atomic E-state index is 10.7. The van der Waals surface area contributed by atoms with Gasteiger partial charge >= 0.3 is 5.97 Å². The third-order valence-corrected chi connectivity index (χ3v) is 3.57. The van der Waals surface area contributed by atoms with Crippen molar-refractivity contribution in [1.82, 2.24) is 5.32 Å². The van der Waals surface area contributed by atoms with Gasteiger partial charge in [-0.3, -0.25) is 4.79 Å². The Labute approximate surface area is 83.3 Å². The number of rotatable bonds is 4. The molecule has 0 aromatic heterocycles. The summed E-state index contributed by atoms with van der Waals surface area (Å²) in [6, 6.07) is 0.0807. The molecule has 2 saturated carbocycles. The van der Waals surface area contributed by atoms with E-state index in [1.54, 1.807) is 0 Å². The molecule has 14 heavy (non-hydrogen) atoms. The highest BCUT2D eigenvalue weighted by atomic mass is 16.4. The summed E-state index contributed by atoms with van der Waals surface area (Å²) in [5, 5.41) is 21.8. The van der Waals surface area contributed by atoms with E-state index in [1.165, 1.54) is 0 Å². The monoisotopic (exact) mass is 199 g/mol. The Kier molecular flexibility index (Phi) is 2.49. The lowest BCUT2D eigenvalue weighted by Gasteiger charge is -2.41. The van der Waals surface area contributed by atoms with E-state index in [2.05, 4.69) is 5.32 Å². The Hall–Kier alpha value is -0.610. The number of carboxylic acid groups (broad SMARTS) is 1. The van der Waals surface area contributed by atoms with Crippen LogP contribution in [0.15, 0.2) is 0 Å². The Balaban J connectivity index is 1.73. The summed E-state index contributed by atoms with van der Waals surface area (Å²) < 4.78 is 0. The molecule has 2 aliphatic rings. The first kappa shape index (κ1) is 9.93. The molecular weight excluding hydrogens is 182 g/mol. The normalized spacial score (nSPS) is 34.4. The van der Waals surface area contributed by atoms with Gasteiger partial charge in [-0.1, -0.05) is 0 Å². The van der Waals surface area contributed by atoms with Gasteiger partial charge in [-0.05, 0) is 32.1 Å². The summed E-state index contributed by atoms with van der Waals surface area (Å²) >= 11 is 0. The predicted octanol–water partition coefficient (Wildman–Crippen LogP) is 0.354. The summed E-state index contributed by atoms with van der Waals surface area (Å²) in [5.74, 6) is -0.951. The summed E-state index contributed by atoms with van der Waals surface area (Å²) in [7, 11) is 0. The van der Waals surface area contributed by atoms with Crippen molar-refractivity contribution in [2.24, 2.45) is 5.92 Å². The molecule has 0 saturated heterocycles. The van der Waals surface area contributed by atoms with E-state index in [0.29, 0.717) is 6.54 Å². The largest absolute Gasteiger partial charge is 0.481 e.